The molecule has 0 radical (unpaired) electrons. The zero-order chi connectivity index (χ0) is 23.6. The second-order valence-corrected chi connectivity index (χ2v) is 7.15. The van der Waals surface area contributed by atoms with Crippen molar-refractivity contribution < 1.29 is 39.3 Å². The molecule has 4 amide bonds. The Bertz CT molecular complexity index is 640. The Hall–Kier alpha value is -2.77. The van der Waals surface area contributed by atoms with Crippen LogP contribution in [0.15, 0.2) is 0 Å². The Morgan fingerprint density at radius 3 is 1.83 bits per heavy atom. The molecule has 30 heavy (non-hydrogen) atoms. The average Bonchev–Trinajstić information content (AvgIpc) is 2.64. The van der Waals surface area contributed by atoms with Crippen molar-refractivity contribution in [2.24, 2.45) is 17.4 Å². The van der Waals surface area contributed by atoms with E-state index in [1.165, 1.54) is 6.92 Å². The Morgan fingerprint density at radius 2 is 1.43 bits per heavy atom. The van der Waals surface area contributed by atoms with Crippen LogP contribution in [0.25, 0.3) is 0 Å². The van der Waals surface area contributed by atoms with Crippen LogP contribution >= 0.6 is 0 Å². The highest BCUT2D eigenvalue weighted by molar-refractivity contribution is 5.94. The van der Waals surface area contributed by atoms with Gasteiger partial charge in [0.05, 0.1) is 18.8 Å². The van der Waals surface area contributed by atoms with Crippen molar-refractivity contribution in [3.8, 4) is 0 Å². The smallest absolute Gasteiger partial charge is 0.326 e. The maximum Gasteiger partial charge on any atom is 0.326 e. The zero-order valence-corrected chi connectivity index (χ0v) is 17.1. The third-order valence-electron chi connectivity index (χ3n) is 4.15. The summed E-state index contributed by atoms with van der Waals surface area (Å²) in [5, 5.41) is 34.9. The number of nitrogens with one attached hydrogen (secondary N) is 3. The lowest BCUT2D eigenvalue weighted by atomic mass is 10.0. The van der Waals surface area contributed by atoms with Gasteiger partial charge in [-0.2, -0.15) is 0 Å². The number of carbonyl (C=O) groups is 5. The third-order valence-corrected chi connectivity index (χ3v) is 4.15. The first-order valence-electron chi connectivity index (χ1n) is 9.28. The van der Waals surface area contributed by atoms with Crippen LogP contribution in [0, 0.1) is 5.92 Å². The fourth-order valence-electron chi connectivity index (χ4n) is 2.32. The van der Waals surface area contributed by atoms with Crippen molar-refractivity contribution in [3.05, 3.63) is 0 Å². The van der Waals surface area contributed by atoms with Gasteiger partial charge >= 0.3 is 5.97 Å². The van der Waals surface area contributed by atoms with Crippen molar-refractivity contribution >= 4 is 29.6 Å². The highest BCUT2D eigenvalue weighted by atomic mass is 16.4. The fraction of sp³-hybridized carbons (Fsp3) is 0.706. The first-order chi connectivity index (χ1) is 13.8. The van der Waals surface area contributed by atoms with Crippen LogP contribution in [-0.4, -0.2) is 81.8 Å². The molecule has 13 nitrogen and oxygen atoms in total. The minimum Gasteiger partial charge on any atom is -0.480 e. The van der Waals surface area contributed by atoms with Gasteiger partial charge in [0.15, 0.2) is 0 Å². The van der Waals surface area contributed by atoms with E-state index in [0.29, 0.717) is 0 Å². The van der Waals surface area contributed by atoms with Gasteiger partial charge in [-0.25, -0.2) is 4.79 Å². The molecular formula is C17H31N5O8. The Kier molecular flexibility index (Phi) is 11.5. The van der Waals surface area contributed by atoms with Crippen molar-refractivity contribution in [1.29, 1.82) is 0 Å². The van der Waals surface area contributed by atoms with E-state index in [-0.39, 0.29) is 12.8 Å². The van der Waals surface area contributed by atoms with Crippen molar-refractivity contribution in [2.45, 2.75) is 63.9 Å². The summed E-state index contributed by atoms with van der Waals surface area (Å²) in [4.78, 5) is 58.7. The number of carbonyl (C=O) groups excluding carboxylic acids is 4. The average molecular weight is 433 g/mol. The molecular weight excluding hydrogens is 402 g/mol. The number of carboxylic acid groups (broad SMARTS) is 1. The summed E-state index contributed by atoms with van der Waals surface area (Å²) in [6.07, 6.45) is -1.65. The summed E-state index contributed by atoms with van der Waals surface area (Å²) in [7, 11) is 0. The normalized spacial score (nSPS) is 16.0. The fourth-order valence-corrected chi connectivity index (χ4v) is 2.32. The molecule has 5 atom stereocenters. The number of hydrogen-bond acceptors (Lipinski definition) is 8. The molecule has 0 aliphatic heterocycles. The summed E-state index contributed by atoms with van der Waals surface area (Å²) >= 11 is 0. The Morgan fingerprint density at radius 1 is 0.900 bits per heavy atom. The predicted molar refractivity (Wildman–Crippen MR) is 103 cm³/mol. The number of amides is 4. The number of aliphatic carboxylic acids is 1. The highest BCUT2D eigenvalue weighted by Gasteiger charge is 2.33. The van der Waals surface area contributed by atoms with Gasteiger partial charge < -0.3 is 42.7 Å². The SMILES string of the molecule is CC(C)C(NC(=O)C(NC(=O)C(CO)NC(=O)C(N)CCC(N)=O)C(C)O)C(=O)O. The van der Waals surface area contributed by atoms with Crippen molar-refractivity contribution in [2.75, 3.05) is 6.61 Å². The second kappa shape index (κ2) is 12.7. The maximum absolute atomic E-state index is 12.4. The number of carboxylic acids is 1. The van der Waals surface area contributed by atoms with E-state index in [1.54, 1.807) is 13.8 Å². The third kappa shape index (κ3) is 9.15. The molecule has 0 aliphatic carbocycles. The topological polar surface area (TPSA) is 234 Å². The molecule has 13 heteroatoms. The molecule has 10 N–H and O–H groups in total. The number of nitrogens with two attached hydrogens (primary N) is 2. The molecule has 0 aromatic carbocycles. The van der Waals surface area contributed by atoms with Gasteiger partial charge in [-0.15, -0.1) is 0 Å². The van der Waals surface area contributed by atoms with E-state index >= 15 is 0 Å². The van der Waals surface area contributed by atoms with Crippen LogP contribution in [0.5, 0.6) is 0 Å². The summed E-state index contributed by atoms with van der Waals surface area (Å²) in [5.74, 6) is -5.23. The lowest BCUT2D eigenvalue weighted by molar-refractivity contribution is -0.144. The van der Waals surface area contributed by atoms with Crippen molar-refractivity contribution in [1.82, 2.24) is 16.0 Å². The van der Waals surface area contributed by atoms with Gasteiger partial charge in [-0.3, -0.25) is 19.2 Å². The molecule has 0 aromatic rings. The predicted octanol–water partition coefficient (Wildman–Crippen LogP) is -3.85. The van der Waals surface area contributed by atoms with Gasteiger partial charge in [0.25, 0.3) is 0 Å². The molecule has 0 aromatic heterocycles. The number of primary amides is 1. The molecule has 0 fully saturated rings. The summed E-state index contributed by atoms with van der Waals surface area (Å²) in [5.41, 5.74) is 10.6. The van der Waals surface area contributed by atoms with Gasteiger partial charge in [0.1, 0.15) is 18.1 Å². The van der Waals surface area contributed by atoms with Crippen LogP contribution in [0.4, 0.5) is 0 Å². The largest absolute Gasteiger partial charge is 0.480 e. The Labute approximate surface area is 173 Å². The number of aliphatic hydroxyl groups excluding tert-OH is 2. The van der Waals surface area contributed by atoms with Crippen LogP contribution in [0.1, 0.15) is 33.6 Å². The summed E-state index contributed by atoms with van der Waals surface area (Å²) in [6, 6.07) is -5.48. The van der Waals surface area contributed by atoms with Gasteiger partial charge in [-0.1, -0.05) is 13.8 Å². The minimum absolute atomic E-state index is 0.0780. The van der Waals surface area contributed by atoms with Crippen LogP contribution in [-0.2, 0) is 24.0 Å². The molecule has 0 heterocycles. The first-order valence-corrected chi connectivity index (χ1v) is 9.28. The Balaban J connectivity index is 5.13. The van der Waals surface area contributed by atoms with E-state index in [9.17, 15) is 34.2 Å². The molecule has 0 saturated carbocycles. The highest BCUT2D eigenvalue weighted by Crippen LogP contribution is 2.04. The van der Waals surface area contributed by atoms with E-state index in [0.717, 1.165) is 0 Å². The van der Waals surface area contributed by atoms with Crippen LogP contribution in [0.2, 0.25) is 0 Å². The van der Waals surface area contributed by atoms with E-state index in [1.807, 2.05) is 0 Å². The van der Waals surface area contributed by atoms with Gasteiger partial charge in [0.2, 0.25) is 23.6 Å². The molecule has 0 spiro atoms. The zero-order valence-electron chi connectivity index (χ0n) is 17.1. The molecule has 0 saturated heterocycles. The monoisotopic (exact) mass is 433 g/mol. The van der Waals surface area contributed by atoms with E-state index < -0.39 is 72.4 Å². The number of hydrogen-bond donors (Lipinski definition) is 8. The molecule has 0 aliphatic rings. The lowest BCUT2D eigenvalue weighted by Gasteiger charge is -2.26. The van der Waals surface area contributed by atoms with Gasteiger partial charge in [-0.05, 0) is 19.3 Å². The molecule has 0 bridgehead atoms. The maximum atomic E-state index is 12.4. The van der Waals surface area contributed by atoms with E-state index in [4.69, 9.17) is 16.6 Å². The van der Waals surface area contributed by atoms with Crippen molar-refractivity contribution in [3.63, 3.8) is 0 Å². The van der Waals surface area contributed by atoms with Crippen LogP contribution in [0.3, 0.4) is 0 Å². The first kappa shape index (κ1) is 27.2. The lowest BCUT2D eigenvalue weighted by Crippen LogP contribution is -2.61. The number of aliphatic hydroxyl groups is 2. The molecule has 5 unspecified atom stereocenters. The summed E-state index contributed by atoms with van der Waals surface area (Å²) < 4.78 is 0. The molecule has 172 valence electrons. The second-order valence-electron chi connectivity index (χ2n) is 7.15. The summed E-state index contributed by atoms with van der Waals surface area (Å²) in [6.45, 7) is 3.47. The number of rotatable bonds is 13. The van der Waals surface area contributed by atoms with E-state index in [2.05, 4.69) is 16.0 Å². The van der Waals surface area contributed by atoms with Gasteiger partial charge in [0, 0.05) is 6.42 Å². The minimum atomic E-state index is -1.55. The molecule has 0 rings (SSSR count). The van der Waals surface area contributed by atoms with Crippen LogP contribution < -0.4 is 27.4 Å². The quantitative estimate of drug-likeness (QED) is 0.142. The standard InChI is InChI=1S/C17H31N5O8/c1-7(2)12(17(29)30)21-16(28)13(8(3)24)22-15(27)10(6-23)20-14(26)9(18)4-5-11(19)25/h7-10,12-13,23-24H,4-6,18H2,1-3H3,(H2,19,25)(H,20,26)(H,21,28)(H,22,27)(H,29,30).